The third kappa shape index (κ3) is 1.81. The van der Waals surface area contributed by atoms with Crippen molar-refractivity contribution in [3.05, 3.63) is 64.7 Å². The highest BCUT2D eigenvalue weighted by molar-refractivity contribution is 6.00. The van der Waals surface area contributed by atoms with E-state index in [2.05, 4.69) is 36.4 Å². The lowest BCUT2D eigenvalue weighted by Gasteiger charge is -2.35. The van der Waals surface area contributed by atoms with Crippen LogP contribution in [-0.2, 0) is 17.6 Å². The van der Waals surface area contributed by atoms with E-state index in [0.717, 1.165) is 23.2 Å². The standard InChI is InChI=1S/C18H18N2O/c1-20-16-7-6-12(8-13(16)10-17(20)21)18(19)15-9-11-4-2-3-5-14(11)15/h2-8,15,18H,9-10,19H2,1H3. The molecule has 4 rings (SSSR count). The molecule has 0 spiro atoms. The van der Waals surface area contributed by atoms with E-state index in [1.165, 1.54) is 11.1 Å². The molecule has 2 N–H and O–H groups in total. The number of nitrogens with two attached hydrogens (primary N) is 1. The summed E-state index contributed by atoms with van der Waals surface area (Å²) in [6.45, 7) is 0. The first-order valence-corrected chi connectivity index (χ1v) is 7.38. The van der Waals surface area contributed by atoms with Gasteiger partial charge in [0.1, 0.15) is 0 Å². The molecule has 2 unspecified atom stereocenters. The number of fused-ring (bicyclic) bond motifs is 2. The van der Waals surface area contributed by atoms with Crippen molar-refractivity contribution < 1.29 is 4.79 Å². The molecule has 0 fully saturated rings. The quantitative estimate of drug-likeness (QED) is 0.917. The number of hydrogen-bond donors (Lipinski definition) is 1. The zero-order valence-electron chi connectivity index (χ0n) is 12.0. The lowest BCUT2D eigenvalue weighted by molar-refractivity contribution is -0.117. The van der Waals surface area contributed by atoms with E-state index in [-0.39, 0.29) is 11.9 Å². The molecule has 1 aliphatic heterocycles. The lowest BCUT2D eigenvalue weighted by Crippen LogP contribution is -2.29. The number of likely N-dealkylation sites (N-methyl/N-ethyl adjacent to an activating group) is 1. The molecule has 0 aromatic heterocycles. The first-order chi connectivity index (χ1) is 10.1. The van der Waals surface area contributed by atoms with Gasteiger partial charge in [0.2, 0.25) is 5.91 Å². The Bertz CT molecular complexity index is 738. The van der Waals surface area contributed by atoms with Gasteiger partial charge in [-0.2, -0.15) is 0 Å². The molecule has 3 nitrogen and oxygen atoms in total. The fourth-order valence-electron chi connectivity index (χ4n) is 3.55. The maximum absolute atomic E-state index is 11.8. The van der Waals surface area contributed by atoms with Crippen LogP contribution in [0.3, 0.4) is 0 Å². The highest BCUT2D eigenvalue weighted by Crippen LogP contribution is 2.43. The van der Waals surface area contributed by atoms with Crippen molar-refractivity contribution in [2.24, 2.45) is 5.73 Å². The van der Waals surface area contributed by atoms with Crippen molar-refractivity contribution in [3.63, 3.8) is 0 Å². The van der Waals surface area contributed by atoms with Gasteiger partial charge in [0.05, 0.1) is 6.42 Å². The molecule has 2 aliphatic rings. The Morgan fingerprint density at radius 1 is 1.19 bits per heavy atom. The van der Waals surface area contributed by atoms with Gasteiger partial charge in [-0.3, -0.25) is 4.79 Å². The number of rotatable bonds is 2. The first kappa shape index (κ1) is 12.6. The summed E-state index contributed by atoms with van der Waals surface area (Å²) in [7, 11) is 1.83. The Labute approximate surface area is 124 Å². The average molecular weight is 278 g/mol. The van der Waals surface area contributed by atoms with E-state index >= 15 is 0 Å². The van der Waals surface area contributed by atoms with E-state index in [1.54, 1.807) is 4.90 Å². The van der Waals surface area contributed by atoms with Gasteiger partial charge in [-0.15, -0.1) is 0 Å². The van der Waals surface area contributed by atoms with E-state index in [1.807, 2.05) is 13.1 Å². The summed E-state index contributed by atoms with van der Waals surface area (Å²) in [6, 6.07) is 14.7. The molecule has 1 amide bonds. The number of carbonyl (C=O) groups excluding carboxylic acids is 1. The summed E-state index contributed by atoms with van der Waals surface area (Å²) in [5, 5.41) is 0. The molecule has 106 valence electrons. The minimum Gasteiger partial charge on any atom is -0.323 e. The number of nitrogens with zero attached hydrogens (tertiary/aromatic N) is 1. The molecule has 1 heterocycles. The van der Waals surface area contributed by atoms with Crippen LogP contribution in [0.2, 0.25) is 0 Å². The number of benzene rings is 2. The average Bonchev–Trinajstić information content (AvgIpc) is 2.75. The maximum Gasteiger partial charge on any atom is 0.231 e. The molecular formula is C18H18N2O. The molecular weight excluding hydrogens is 260 g/mol. The monoisotopic (exact) mass is 278 g/mol. The third-order valence-electron chi connectivity index (χ3n) is 4.89. The molecule has 3 heteroatoms. The van der Waals surface area contributed by atoms with Crippen LogP contribution in [0.15, 0.2) is 42.5 Å². The zero-order chi connectivity index (χ0) is 14.6. The van der Waals surface area contributed by atoms with Crippen LogP contribution in [0.1, 0.15) is 34.2 Å². The molecule has 21 heavy (non-hydrogen) atoms. The third-order valence-corrected chi connectivity index (χ3v) is 4.89. The van der Waals surface area contributed by atoms with E-state index in [9.17, 15) is 4.79 Å². The van der Waals surface area contributed by atoms with Crippen LogP contribution in [0, 0.1) is 0 Å². The van der Waals surface area contributed by atoms with Crippen LogP contribution >= 0.6 is 0 Å². The SMILES string of the molecule is CN1C(=O)Cc2cc(C(N)C3Cc4ccccc43)ccc21. The minimum atomic E-state index is 0.00575. The highest BCUT2D eigenvalue weighted by atomic mass is 16.2. The molecule has 0 saturated carbocycles. The van der Waals surface area contributed by atoms with Crippen LogP contribution in [0.25, 0.3) is 0 Å². The van der Waals surface area contributed by atoms with Crippen molar-refractivity contribution in [1.82, 2.24) is 0 Å². The summed E-state index contributed by atoms with van der Waals surface area (Å²) >= 11 is 0. The lowest BCUT2D eigenvalue weighted by atomic mass is 9.72. The van der Waals surface area contributed by atoms with Crippen LogP contribution in [0.5, 0.6) is 0 Å². The molecule has 0 bridgehead atoms. The van der Waals surface area contributed by atoms with Gasteiger partial charge < -0.3 is 10.6 Å². The van der Waals surface area contributed by atoms with Crippen molar-refractivity contribution in [1.29, 1.82) is 0 Å². The normalized spacial score (nSPS) is 20.8. The Morgan fingerprint density at radius 2 is 2.00 bits per heavy atom. The Hall–Kier alpha value is -2.13. The number of carbonyl (C=O) groups is 1. The van der Waals surface area contributed by atoms with Gasteiger partial charge in [0, 0.05) is 24.7 Å². The highest BCUT2D eigenvalue weighted by Gasteiger charge is 2.32. The van der Waals surface area contributed by atoms with E-state index in [4.69, 9.17) is 5.73 Å². The van der Waals surface area contributed by atoms with Crippen molar-refractivity contribution in [2.45, 2.75) is 24.8 Å². The molecule has 1 aliphatic carbocycles. The summed E-state index contributed by atoms with van der Waals surface area (Å²) in [4.78, 5) is 13.5. The number of hydrogen-bond acceptors (Lipinski definition) is 2. The van der Waals surface area contributed by atoms with E-state index < -0.39 is 0 Å². The van der Waals surface area contributed by atoms with Gasteiger partial charge in [-0.05, 0) is 34.7 Å². The summed E-state index contributed by atoms with van der Waals surface area (Å²) in [5.41, 5.74) is 12.5. The van der Waals surface area contributed by atoms with Gasteiger partial charge in [-0.25, -0.2) is 0 Å². The molecule has 2 aromatic carbocycles. The van der Waals surface area contributed by atoms with Gasteiger partial charge in [0.15, 0.2) is 0 Å². The number of anilines is 1. The summed E-state index contributed by atoms with van der Waals surface area (Å²) < 4.78 is 0. The topological polar surface area (TPSA) is 46.3 Å². The van der Waals surface area contributed by atoms with Crippen molar-refractivity contribution in [2.75, 3.05) is 11.9 Å². The van der Waals surface area contributed by atoms with Crippen molar-refractivity contribution in [3.8, 4) is 0 Å². The predicted molar refractivity (Wildman–Crippen MR) is 83.4 cm³/mol. The van der Waals surface area contributed by atoms with Gasteiger partial charge in [-0.1, -0.05) is 36.4 Å². The second-order valence-electron chi connectivity index (χ2n) is 6.05. The van der Waals surface area contributed by atoms with Crippen LogP contribution in [-0.4, -0.2) is 13.0 Å². The maximum atomic E-state index is 11.8. The molecule has 0 saturated heterocycles. The molecule has 2 atom stereocenters. The van der Waals surface area contributed by atoms with E-state index in [0.29, 0.717) is 12.3 Å². The fourth-order valence-corrected chi connectivity index (χ4v) is 3.55. The predicted octanol–water partition coefficient (Wildman–Crippen LogP) is 2.55. The summed E-state index contributed by atoms with van der Waals surface area (Å²) in [6.07, 6.45) is 1.54. The second kappa shape index (κ2) is 4.43. The fraction of sp³-hybridized carbons (Fsp3) is 0.278. The number of amides is 1. The van der Waals surface area contributed by atoms with Crippen LogP contribution in [0.4, 0.5) is 5.69 Å². The largest absolute Gasteiger partial charge is 0.323 e. The zero-order valence-corrected chi connectivity index (χ0v) is 12.0. The Morgan fingerprint density at radius 3 is 2.81 bits per heavy atom. The summed E-state index contributed by atoms with van der Waals surface area (Å²) in [5.74, 6) is 0.554. The Kier molecular flexibility index (Phi) is 2.66. The first-order valence-electron chi connectivity index (χ1n) is 7.38. The van der Waals surface area contributed by atoms with Gasteiger partial charge in [0.25, 0.3) is 0 Å². The van der Waals surface area contributed by atoms with Crippen molar-refractivity contribution >= 4 is 11.6 Å². The second-order valence-corrected chi connectivity index (χ2v) is 6.05. The molecule has 2 aromatic rings. The van der Waals surface area contributed by atoms with Crippen LogP contribution < -0.4 is 10.6 Å². The minimum absolute atomic E-state index is 0.00575. The molecule has 0 radical (unpaired) electrons. The smallest absolute Gasteiger partial charge is 0.231 e. The van der Waals surface area contributed by atoms with Gasteiger partial charge >= 0.3 is 0 Å². The Balaban J connectivity index is 1.64.